The Bertz CT molecular complexity index is 773. The van der Waals surface area contributed by atoms with Gasteiger partial charge in [0.05, 0.1) is 19.7 Å². The third kappa shape index (κ3) is 2.77. The first-order valence-electron chi connectivity index (χ1n) is 5.27. The van der Waals surface area contributed by atoms with Gasteiger partial charge in [0.2, 0.25) is 9.84 Å². The SMILES string of the molecule is O=[N+]([O-])c1ccc(S(=O)(=O)c2ccc(Cl)cc2)c(Cl)c1. The Kier molecular flexibility index (Phi) is 3.99. The number of nitro benzene ring substituents is 1. The van der Waals surface area contributed by atoms with Crippen molar-refractivity contribution in [2.45, 2.75) is 9.79 Å². The molecule has 0 atom stereocenters. The molecule has 0 saturated carbocycles. The highest BCUT2D eigenvalue weighted by Crippen LogP contribution is 2.30. The summed E-state index contributed by atoms with van der Waals surface area (Å²) in [6.07, 6.45) is 0. The van der Waals surface area contributed by atoms with Crippen molar-refractivity contribution in [2.75, 3.05) is 0 Å². The first kappa shape index (κ1) is 14.8. The van der Waals surface area contributed by atoms with E-state index in [-0.39, 0.29) is 20.5 Å². The van der Waals surface area contributed by atoms with Crippen LogP contribution in [0.25, 0.3) is 0 Å². The maximum atomic E-state index is 12.3. The number of hydrogen-bond acceptors (Lipinski definition) is 4. The summed E-state index contributed by atoms with van der Waals surface area (Å²) in [6.45, 7) is 0. The zero-order valence-corrected chi connectivity index (χ0v) is 12.1. The van der Waals surface area contributed by atoms with Crippen molar-refractivity contribution in [1.29, 1.82) is 0 Å². The van der Waals surface area contributed by atoms with E-state index in [9.17, 15) is 18.5 Å². The van der Waals surface area contributed by atoms with E-state index in [2.05, 4.69) is 0 Å². The Morgan fingerprint density at radius 1 is 1.00 bits per heavy atom. The van der Waals surface area contributed by atoms with Crippen LogP contribution < -0.4 is 0 Å². The maximum absolute atomic E-state index is 12.3. The van der Waals surface area contributed by atoms with Gasteiger partial charge in [-0.2, -0.15) is 0 Å². The van der Waals surface area contributed by atoms with E-state index >= 15 is 0 Å². The Morgan fingerprint density at radius 3 is 2.10 bits per heavy atom. The van der Waals surface area contributed by atoms with Crippen molar-refractivity contribution < 1.29 is 13.3 Å². The highest BCUT2D eigenvalue weighted by atomic mass is 35.5. The molecule has 0 aliphatic carbocycles. The van der Waals surface area contributed by atoms with Crippen LogP contribution in [0, 0.1) is 10.1 Å². The second-order valence-corrected chi connectivity index (χ2v) is 6.59. The summed E-state index contributed by atoms with van der Waals surface area (Å²) >= 11 is 11.5. The average molecular weight is 332 g/mol. The summed E-state index contributed by atoms with van der Waals surface area (Å²) in [4.78, 5) is 9.78. The van der Waals surface area contributed by atoms with Crippen molar-refractivity contribution in [3.63, 3.8) is 0 Å². The molecule has 0 aromatic heterocycles. The zero-order valence-electron chi connectivity index (χ0n) is 9.79. The predicted octanol–water partition coefficient (Wildman–Crippen LogP) is 3.73. The largest absolute Gasteiger partial charge is 0.271 e. The van der Waals surface area contributed by atoms with E-state index in [1.807, 2.05) is 0 Å². The molecule has 5 nitrogen and oxygen atoms in total. The van der Waals surface area contributed by atoms with Crippen LogP contribution in [0.4, 0.5) is 5.69 Å². The molecular weight excluding hydrogens is 325 g/mol. The maximum Gasteiger partial charge on any atom is 0.271 e. The quantitative estimate of drug-likeness (QED) is 0.634. The van der Waals surface area contributed by atoms with Crippen molar-refractivity contribution in [3.8, 4) is 0 Å². The number of non-ortho nitro benzene ring substituents is 1. The van der Waals surface area contributed by atoms with Crippen LogP contribution in [0.1, 0.15) is 0 Å². The van der Waals surface area contributed by atoms with E-state index in [1.54, 1.807) is 0 Å². The van der Waals surface area contributed by atoms with Crippen LogP contribution in [0.15, 0.2) is 52.3 Å². The number of nitrogens with zero attached hydrogens (tertiary/aromatic N) is 1. The monoisotopic (exact) mass is 331 g/mol. The van der Waals surface area contributed by atoms with Gasteiger partial charge in [0.25, 0.3) is 5.69 Å². The van der Waals surface area contributed by atoms with Crippen LogP contribution in [-0.4, -0.2) is 13.3 Å². The normalized spacial score (nSPS) is 11.3. The van der Waals surface area contributed by atoms with E-state index in [4.69, 9.17) is 23.2 Å². The molecule has 0 bridgehead atoms. The van der Waals surface area contributed by atoms with E-state index < -0.39 is 14.8 Å². The first-order chi connectivity index (χ1) is 9.32. The molecule has 0 N–H and O–H groups in total. The van der Waals surface area contributed by atoms with Crippen molar-refractivity contribution in [3.05, 3.63) is 62.6 Å². The van der Waals surface area contributed by atoms with Crippen LogP contribution in [0.3, 0.4) is 0 Å². The summed E-state index contributed by atoms with van der Waals surface area (Å²) in [5.74, 6) is 0. The molecule has 0 spiro atoms. The minimum atomic E-state index is -3.84. The van der Waals surface area contributed by atoms with Gasteiger partial charge in [0, 0.05) is 17.2 Å². The molecule has 0 radical (unpaired) electrons. The lowest BCUT2D eigenvalue weighted by Crippen LogP contribution is -2.03. The number of sulfone groups is 1. The number of benzene rings is 2. The molecular formula is C12H7Cl2NO4S. The molecule has 2 aromatic rings. The molecule has 0 aliphatic heterocycles. The van der Waals surface area contributed by atoms with Gasteiger partial charge in [-0.3, -0.25) is 10.1 Å². The highest BCUT2D eigenvalue weighted by Gasteiger charge is 2.22. The molecule has 20 heavy (non-hydrogen) atoms. The summed E-state index contributed by atoms with van der Waals surface area (Å²) in [5.41, 5.74) is -0.273. The Hall–Kier alpha value is -1.63. The molecule has 104 valence electrons. The minimum Gasteiger partial charge on any atom is -0.258 e. The van der Waals surface area contributed by atoms with Gasteiger partial charge in [-0.05, 0) is 30.3 Å². The second kappa shape index (κ2) is 5.40. The lowest BCUT2D eigenvalue weighted by molar-refractivity contribution is -0.384. The lowest BCUT2D eigenvalue weighted by Gasteiger charge is -2.06. The Balaban J connectivity index is 2.55. The number of hydrogen-bond donors (Lipinski definition) is 0. The number of halogens is 2. The van der Waals surface area contributed by atoms with Crippen molar-refractivity contribution in [2.24, 2.45) is 0 Å². The van der Waals surface area contributed by atoms with Gasteiger partial charge in [0.15, 0.2) is 0 Å². The predicted molar refractivity (Wildman–Crippen MR) is 75.0 cm³/mol. The average Bonchev–Trinajstić information content (AvgIpc) is 2.38. The van der Waals surface area contributed by atoms with E-state index in [1.165, 1.54) is 24.3 Å². The summed E-state index contributed by atoms with van der Waals surface area (Å²) in [5, 5.41) is 10.8. The third-order valence-electron chi connectivity index (χ3n) is 2.54. The molecule has 0 saturated heterocycles. The lowest BCUT2D eigenvalue weighted by atomic mass is 10.3. The van der Waals surface area contributed by atoms with Crippen LogP contribution in [0.2, 0.25) is 10.0 Å². The topological polar surface area (TPSA) is 77.3 Å². The summed E-state index contributed by atoms with van der Waals surface area (Å²) in [6, 6.07) is 8.77. The second-order valence-electron chi connectivity index (χ2n) is 3.83. The summed E-state index contributed by atoms with van der Waals surface area (Å²) in [7, 11) is -3.84. The molecule has 0 fully saturated rings. The zero-order chi connectivity index (χ0) is 14.9. The van der Waals surface area contributed by atoms with Crippen LogP contribution in [-0.2, 0) is 9.84 Å². The van der Waals surface area contributed by atoms with Gasteiger partial charge in [-0.15, -0.1) is 0 Å². The molecule has 2 rings (SSSR count). The van der Waals surface area contributed by atoms with Gasteiger partial charge < -0.3 is 0 Å². The summed E-state index contributed by atoms with van der Waals surface area (Å²) < 4.78 is 24.7. The molecule has 0 heterocycles. The fourth-order valence-electron chi connectivity index (χ4n) is 1.56. The van der Waals surface area contributed by atoms with E-state index in [0.29, 0.717) is 5.02 Å². The number of rotatable bonds is 3. The molecule has 0 amide bonds. The molecule has 2 aromatic carbocycles. The van der Waals surface area contributed by atoms with Gasteiger partial charge in [0.1, 0.15) is 0 Å². The Labute approximate surface area is 124 Å². The fraction of sp³-hybridized carbons (Fsp3) is 0. The Morgan fingerprint density at radius 2 is 1.60 bits per heavy atom. The first-order valence-corrected chi connectivity index (χ1v) is 7.51. The van der Waals surface area contributed by atoms with Crippen LogP contribution in [0.5, 0.6) is 0 Å². The molecule has 8 heteroatoms. The standard InChI is InChI=1S/C12H7Cl2NO4S/c13-8-1-4-10(5-2-8)20(18,19)12-6-3-9(15(16)17)7-11(12)14/h1-7H. The van der Waals surface area contributed by atoms with Crippen molar-refractivity contribution in [1.82, 2.24) is 0 Å². The van der Waals surface area contributed by atoms with Crippen LogP contribution >= 0.6 is 23.2 Å². The highest BCUT2D eigenvalue weighted by molar-refractivity contribution is 7.91. The molecule has 0 unspecified atom stereocenters. The molecule has 0 aliphatic rings. The fourth-order valence-corrected chi connectivity index (χ4v) is 3.48. The number of nitro groups is 1. The van der Waals surface area contributed by atoms with Gasteiger partial charge in [-0.1, -0.05) is 23.2 Å². The smallest absolute Gasteiger partial charge is 0.258 e. The van der Waals surface area contributed by atoms with Crippen molar-refractivity contribution >= 4 is 38.7 Å². The van der Waals surface area contributed by atoms with Gasteiger partial charge >= 0.3 is 0 Å². The van der Waals surface area contributed by atoms with E-state index in [0.717, 1.165) is 18.2 Å². The minimum absolute atomic E-state index is 0.0117. The van der Waals surface area contributed by atoms with Gasteiger partial charge in [-0.25, -0.2) is 8.42 Å². The third-order valence-corrected chi connectivity index (χ3v) is 5.04.